The summed E-state index contributed by atoms with van der Waals surface area (Å²) in [7, 11) is 1.51. The standard InChI is InChI=1S/C12H10N6O2/c1-17-11(20)8(9(13)19)6-18-12(17)15-10(16-18)7-2-4-14-5-3-7/h2-6H,1H3,(H2,13,19). The molecule has 3 aromatic heterocycles. The molecule has 3 rings (SSSR count). The van der Waals surface area contributed by atoms with Gasteiger partial charge in [0, 0.05) is 25.0 Å². The quantitative estimate of drug-likeness (QED) is 0.681. The van der Waals surface area contributed by atoms with E-state index in [1.807, 2.05) is 0 Å². The van der Waals surface area contributed by atoms with Crippen molar-refractivity contribution in [3.63, 3.8) is 0 Å². The highest BCUT2D eigenvalue weighted by Gasteiger charge is 2.15. The average molecular weight is 270 g/mol. The van der Waals surface area contributed by atoms with Gasteiger partial charge in [-0.3, -0.25) is 19.1 Å². The van der Waals surface area contributed by atoms with E-state index in [9.17, 15) is 9.59 Å². The number of nitrogens with two attached hydrogens (primary N) is 1. The van der Waals surface area contributed by atoms with E-state index in [1.165, 1.54) is 22.3 Å². The molecule has 0 fully saturated rings. The fourth-order valence-corrected chi connectivity index (χ4v) is 1.87. The average Bonchev–Trinajstić information content (AvgIpc) is 2.88. The Morgan fingerprint density at radius 1 is 1.30 bits per heavy atom. The molecule has 0 atom stereocenters. The summed E-state index contributed by atoms with van der Waals surface area (Å²) in [4.78, 5) is 31.4. The Morgan fingerprint density at radius 3 is 2.65 bits per heavy atom. The molecule has 20 heavy (non-hydrogen) atoms. The molecule has 0 saturated carbocycles. The second-order valence-electron chi connectivity index (χ2n) is 4.19. The van der Waals surface area contributed by atoms with E-state index in [2.05, 4.69) is 15.1 Å². The number of hydrogen-bond acceptors (Lipinski definition) is 5. The first-order valence-electron chi connectivity index (χ1n) is 5.74. The van der Waals surface area contributed by atoms with Gasteiger partial charge in [0.2, 0.25) is 5.78 Å². The third-order valence-electron chi connectivity index (χ3n) is 2.90. The molecule has 0 unspecified atom stereocenters. The van der Waals surface area contributed by atoms with Crippen LogP contribution in [0, 0.1) is 0 Å². The molecule has 8 nitrogen and oxygen atoms in total. The summed E-state index contributed by atoms with van der Waals surface area (Å²) in [5, 5.41) is 4.24. The van der Waals surface area contributed by atoms with Crippen molar-refractivity contribution in [1.29, 1.82) is 0 Å². The van der Waals surface area contributed by atoms with Crippen LogP contribution in [0.5, 0.6) is 0 Å². The van der Waals surface area contributed by atoms with Crippen molar-refractivity contribution in [1.82, 2.24) is 24.1 Å². The smallest absolute Gasteiger partial charge is 0.267 e. The summed E-state index contributed by atoms with van der Waals surface area (Å²) in [6, 6.07) is 3.50. The Balaban J connectivity index is 2.29. The molecule has 2 N–H and O–H groups in total. The Labute approximate surface area is 112 Å². The van der Waals surface area contributed by atoms with Crippen LogP contribution in [0.25, 0.3) is 17.2 Å². The molecule has 8 heteroatoms. The molecular weight excluding hydrogens is 260 g/mol. The molecule has 0 radical (unpaired) electrons. The lowest BCUT2D eigenvalue weighted by atomic mass is 10.3. The third-order valence-corrected chi connectivity index (χ3v) is 2.90. The number of aromatic nitrogens is 5. The highest BCUT2D eigenvalue weighted by molar-refractivity contribution is 5.92. The van der Waals surface area contributed by atoms with E-state index in [0.717, 1.165) is 5.56 Å². The Morgan fingerprint density at radius 2 is 2.00 bits per heavy atom. The molecule has 0 bridgehead atoms. The van der Waals surface area contributed by atoms with E-state index < -0.39 is 11.5 Å². The molecule has 1 amide bonds. The Hall–Kier alpha value is -3.03. The van der Waals surface area contributed by atoms with Gasteiger partial charge in [0.05, 0.1) is 6.20 Å². The fourth-order valence-electron chi connectivity index (χ4n) is 1.87. The first-order valence-corrected chi connectivity index (χ1v) is 5.74. The van der Waals surface area contributed by atoms with Gasteiger partial charge in [-0.15, -0.1) is 5.10 Å². The van der Waals surface area contributed by atoms with Crippen molar-refractivity contribution in [2.24, 2.45) is 12.8 Å². The summed E-state index contributed by atoms with van der Waals surface area (Å²) in [6.07, 6.45) is 4.53. The van der Waals surface area contributed by atoms with Crippen LogP contribution in [-0.2, 0) is 7.05 Å². The summed E-state index contributed by atoms with van der Waals surface area (Å²) in [5.74, 6) is -0.0377. The minimum absolute atomic E-state index is 0.133. The molecule has 0 aromatic carbocycles. The Kier molecular flexibility index (Phi) is 2.56. The summed E-state index contributed by atoms with van der Waals surface area (Å²) >= 11 is 0. The third kappa shape index (κ3) is 1.74. The summed E-state index contributed by atoms with van der Waals surface area (Å²) in [6.45, 7) is 0. The molecule has 3 aromatic rings. The maximum atomic E-state index is 11.9. The van der Waals surface area contributed by atoms with Crippen LogP contribution in [0.3, 0.4) is 0 Å². The van der Waals surface area contributed by atoms with E-state index in [-0.39, 0.29) is 5.56 Å². The Bertz CT molecular complexity index is 865. The zero-order chi connectivity index (χ0) is 14.3. The van der Waals surface area contributed by atoms with Gasteiger partial charge in [0.1, 0.15) is 5.56 Å². The molecule has 0 aliphatic heterocycles. The number of carbonyl (C=O) groups is 1. The predicted octanol–water partition coefficient (Wildman–Crippen LogP) is -0.411. The van der Waals surface area contributed by atoms with Gasteiger partial charge in [-0.2, -0.15) is 4.98 Å². The second-order valence-corrected chi connectivity index (χ2v) is 4.19. The molecule has 0 saturated heterocycles. The van der Waals surface area contributed by atoms with Crippen LogP contribution in [0.4, 0.5) is 0 Å². The summed E-state index contributed by atoms with van der Waals surface area (Å²) in [5.41, 5.74) is 5.30. The number of carbonyl (C=O) groups excluding carboxylic acids is 1. The second kappa shape index (κ2) is 4.26. The van der Waals surface area contributed by atoms with Gasteiger partial charge < -0.3 is 5.73 Å². The van der Waals surface area contributed by atoms with Crippen LogP contribution in [0.1, 0.15) is 10.4 Å². The zero-order valence-electron chi connectivity index (χ0n) is 10.5. The van der Waals surface area contributed by atoms with Crippen LogP contribution in [0.2, 0.25) is 0 Å². The number of fused-ring (bicyclic) bond motifs is 1. The minimum Gasteiger partial charge on any atom is -0.365 e. The van der Waals surface area contributed by atoms with Crippen molar-refractivity contribution in [3.8, 4) is 11.4 Å². The molecular formula is C12H10N6O2. The first-order chi connectivity index (χ1) is 9.58. The number of hydrogen-bond donors (Lipinski definition) is 1. The van der Waals surface area contributed by atoms with Crippen molar-refractivity contribution in [3.05, 3.63) is 46.6 Å². The van der Waals surface area contributed by atoms with E-state index in [0.29, 0.717) is 11.6 Å². The number of aryl methyl sites for hydroxylation is 1. The fraction of sp³-hybridized carbons (Fsp3) is 0.0833. The topological polar surface area (TPSA) is 108 Å². The lowest BCUT2D eigenvalue weighted by molar-refractivity contribution is 0.0998. The molecule has 3 heterocycles. The number of pyridine rings is 1. The monoisotopic (exact) mass is 270 g/mol. The van der Waals surface area contributed by atoms with Gasteiger partial charge in [-0.1, -0.05) is 0 Å². The van der Waals surface area contributed by atoms with Crippen molar-refractivity contribution >= 4 is 11.7 Å². The molecule has 0 aliphatic rings. The minimum atomic E-state index is -0.798. The molecule has 100 valence electrons. The van der Waals surface area contributed by atoms with Crippen LogP contribution in [0.15, 0.2) is 35.5 Å². The molecule has 0 spiro atoms. The molecule has 0 aliphatic carbocycles. The van der Waals surface area contributed by atoms with Crippen molar-refractivity contribution in [2.45, 2.75) is 0 Å². The SMILES string of the molecule is Cn1c(=O)c(C(N)=O)cn2nc(-c3ccncc3)nc12. The van der Waals surface area contributed by atoms with Crippen LogP contribution < -0.4 is 11.3 Å². The predicted molar refractivity (Wildman–Crippen MR) is 70.0 cm³/mol. The number of amides is 1. The van der Waals surface area contributed by atoms with Gasteiger partial charge in [0.15, 0.2) is 5.82 Å². The van der Waals surface area contributed by atoms with Gasteiger partial charge in [-0.05, 0) is 12.1 Å². The van der Waals surface area contributed by atoms with Crippen molar-refractivity contribution in [2.75, 3.05) is 0 Å². The number of nitrogens with zero attached hydrogens (tertiary/aromatic N) is 5. The first kappa shape index (κ1) is 12.0. The number of rotatable bonds is 2. The highest BCUT2D eigenvalue weighted by atomic mass is 16.2. The lowest BCUT2D eigenvalue weighted by Crippen LogP contribution is -2.29. The van der Waals surface area contributed by atoms with Gasteiger partial charge >= 0.3 is 0 Å². The highest BCUT2D eigenvalue weighted by Crippen LogP contribution is 2.14. The van der Waals surface area contributed by atoms with Crippen molar-refractivity contribution < 1.29 is 4.79 Å². The van der Waals surface area contributed by atoms with Gasteiger partial charge in [-0.25, -0.2) is 4.52 Å². The van der Waals surface area contributed by atoms with Crippen LogP contribution >= 0.6 is 0 Å². The normalized spacial score (nSPS) is 10.8. The van der Waals surface area contributed by atoms with Gasteiger partial charge in [0.25, 0.3) is 11.5 Å². The maximum Gasteiger partial charge on any atom is 0.267 e. The largest absolute Gasteiger partial charge is 0.365 e. The number of primary amides is 1. The maximum absolute atomic E-state index is 11.9. The van der Waals surface area contributed by atoms with E-state index in [1.54, 1.807) is 24.5 Å². The zero-order valence-corrected chi connectivity index (χ0v) is 10.5. The lowest BCUT2D eigenvalue weighted by Gasteiger charge is -2.01. The van der Waals surface area contributed by atoms with Crippen LogP contribution in [-0.4, -0.2) is 30.1 Å². The van der Waals surface area contributed by atoms with E-state index in [4.69, 9.17) is 5.73 Å². The summed E-state index contributed by atoms with van der Waals surface area (Å²) < 4.78 is 2.59. The van der Waals surface area contributed by atoms with E-state index >= 15 is 0 Å².